The first kappa shape index (κ1) is 13.8. The van der Waals surface area contributed by atoms with E-state index in [9.17, 15) is 4.79 Å². The van der Waals surface area contributed by atoms with Crippen molar-refractivity contribution in [2.75, 3.05) is 24.6 Å². The van der Waals surface area contributed by atoms with Crippen LogP contribution < -0.4 is 10.2 Å². The van der Waals surface area contributed by atoms with Crippen LogP contribution in [0.2, 0.25) is 5.02 Å². The Kier molecular flexibility index (Phi) is 3.43. The highest BCUT2D eigenvalue weighted by Gasteiger charge is 2.32. The molecule has 1 aromatic carbocycles. The molecule has 22 heavy (non-hydrogen) atoms. The molecule has 0 spiro atoms. The molecule has 1 aliphatic carbocycles. The van der Waals surface area contributed by atoms with Crippen LogP contribution in [-0.4, -0.2) is 42.7 Å². The van der Waals surface area contributed by atoms with E-state index in [0.29, 0.717) is 42.4 Å². The first-order valence-corrected chi connectivity index (χ1v) is 7.80. The zero-order valence-corrected chi connectivity index (χ0v) is 12.7. The molecular formula is C15H16ClN3O3. The summed E-state index contributed by atoms with van der Waals surface area (Å²) in [7, 11) is 0. The molecular weight excluding hydrogens is 306 g/mol. The standard InChI is InChI=1S/C15H16ClN3O3/c16-9-1-4-11-12(7-9)22-15(18-11)19-5-6-21-13(8-19)14(20)17-10-2-3-10/h1,4,7,10,13H,2-3,5-6,8H2,(H,17,20). The molecule has 4 rings (SSSR count). The second-order valence-corrected chi connectivity index (χ2v) is 6.13. The predicted octanol–water partition coefficient (Wildman–Crippen LogP) is 1.96. The number of rotatable bonds is 3. The van der Waals surface area contributed by atoms with Crippen LogP contribution in [0.3, 0.4) is 0 Å². The maximum Gasteiger partial charge on any atom is 0.298 e. The number of ether oxygens (including phenoxy) is 1. The Bertz CT molecular complexity index is 713. The molecule has 0 bridgehead atoms. The van der Waals surface area contributed by atoms with Gasteiger partial charge < -0.3 is 19.4 Å². The SMILES string of the molecule is O=C(NC1CC1)C1CN(c2nc3ccc(Cl)cc3o2)CCO1. The number of oxazole rings is 1. The largest absolute Gasteiger partial charge is 0.423 e. The van der Waals surface area contributed by atoms with Gasteiger partial charge in [-0.15, -0.1) is 0 Å². The maximum absolute atomic E-state index is 12.1. The molecule has 1 saturated carbocycles. The summed E-state index contributed by atoms with van der Waals surface area (Å²) < 4.78 is 11.3. The lowest BCUT2D eigenvalue weighted by Gasteiger charge is -2.31. The van der Waals surface area contributed by atoms with E-state index in [1.54, 1.807) is 12.1 Å². The lowest BCUT2D eigenvalue weighted by molar-refractivity contribution is -0.133. The van der Waals surface area contributed by atoms with E-state index in [0.717, 1.165) is 18.4 Å². The number of carbonyl (C=O) groups excluding carboxylic acids is 1. The molecule has 2 aromatic rings. The van der Waals surface area contributed by atoms with Gasteiger partial charge in [-0.25, -0.2) is 0 Å². The number of carbonyl (C=O) groups is 1. The summed E-state index contributed by atoms with van der Waals surface area (Å²) in [5, 5.41) is 3.58. The van der Waals surface area contributed by atoms with E-state index in [2.05, 4.69) is 10.3 Å². The van der Waals surface area contributed by atoms with Gasteiger partial charge in [-0.1, -0.05) is 11.6 Å². The molecule has 116 valence electrons. The Hall–Kier alpha value is -1.79. The maximum atomic E-state index is 12.1. The van der Waals surface area contributed by atoms with Crippen LogP contribution in [0.4, 0.5) is 6.01 Å². The highest BCUT2D eigenvalue weighted by atomic mass is 35.5. The fourth-order valence-electron chi connectivity index (χ4n) is 2.53. The number of hydrogen-bond acceptors (Lipinski definition) is 5. The molecule has 1 aliphatic heterocycles. The predicted molar refractivity (Wildman–Crippen MR) is 82.1 cm³/mol. The van der Waals surface area contributed by atoms with Gasteiger partial charge in [0.15, 0.2) is 11.7 Å². The molecule has 1 N–H and O–H groups in total. The molecule has 2 heterocycles. The number of benzene rings is 1. The zero-order valence-electron chi connectivity index (χ0n) is 11.9. The third kappa shape index (κ3) is 2.76. The van der Waals surface area contributed by atoms with E-state index in [1.165, 1.54) is 0 Å². The summed E-state index contributed by atoms with van der Waals surface area (Å²) in [4.78, 5) is 18.5. The summed E-state index contributed by atoms with van der Waals surface area (Å²) in [5.41, 5.74) is 1.40. The van der Waals surface area contributed by atoms with Crippen molar-refractivity contribution in [3.8, 4) is 0 Å². The lowest BCUT2D eigenvalue weighted by Crippen LogP contribution is -2.50. The van der Waals surface area contributed by atoms with Gasteiger partial charge in [0.05, 0.1) is 13.2 Å². The first-order chi connectivity index (χ1) is 10.7. The molecule has 2 aliphatic rings. The normalized spacial score (nSPS) is 22.0. The van der Waals surface area contributed by atoms with Crippen molar-refractivity contribution in [2.24, 2.45) is 0 Å². The molecule has 1 amide bonds. The Morgan fingerprint density at radius 3 is 3.09 bits per heavy atom. The van der Waals surface area contributed by atoms with Crippen LogP contribution in [0.15, 0.2) is 22.6 Å². The fourth-order valence-corrected chi connectivity index (χ4v) is 2.69. The summed E-state index contributed by atoms with van der Waals surface area (Å²) in [6.45, 7) is 1.56. The van der Waals surface area contributed by atoms with Crippen LogP contribution in [0.1, 0.15) is 12.8 Å². The average Bonchev–Trinajstić information content (AvgIpc) is 3.23. The van der Waals surface area contributed by atoms with Gasteiger partial charge in [0.1, 0.15) is 5.52 Å². The highest BCUT2D eigenvalue weighted by molar-refractivity contribution is 6.31. The number of aromatic nitrogens is 1. The number of nitrogens with one attached hydrogen (secondary N) is 1. The Balaban J connectivity index is 1.51. The number of fused-ring (bicyclic) bond motifs is 1. The van der Waals surface area contributed by atoms with Crippen LogP contribution in [0, 0.1) is 0 Å². The molecule has 6 nitrogen and oxygen atoms in total. The van der Waals surface area contributed by atoms with Gasteiger partial charge in [-0.3, -0.25) is 4.79 Å². The lowest BCUT2D eigenvalue weighted by atomic mass is 10.2. The highest BCUT2D eigenvalue weighted by Crippen LogP contribution is 2.26. The van der Waals surface area contributed by atoms with Crippen LogP contribution >= 0.6 is 11.6 Å². The molecule has 0 radical (unpaired) electrons. The second kappa shape index (κ2) is 5.44. The number of morpholine rings is 1. The van der Waals surface area contributed by atoms with Crippen molar-refractivity contribution >= 4 is 34.6 Å². The first-order valence-electron chi connectivity index (χ1n) is 7.42. The van der Waals surface area contributed by atoms with Crippen LogP contribution in [-0.2, 0) is 9.53 Å². The van der Waals surface area contributed by atoms with Gasteiger partial charge in [0.2, 0.25) is 0 Å². The van der Waals surface area contributed by atoms with Crippen molar-refractivity contribution in [3.63, 3.8) is 0 Å². The van der Waals surface area contributed by atoms with Gasteiger partial charge >= 0.3 is 0 Å². The fraction of sp³-hybridized carbons (Fsp3) is 0.467. The number of hydrogen-bond donors (Lipinski definition) is 1. The number of halogens is 1. The minimum absolute atomic E-state index is 0.0497. The van der Waals surface area contributed by atoms with Crippen LogP contribution in [0.5, 0.6) is 0 Å². The Morgan fingerprint density at radius 1 is 1.41 bits per heavy atom. The minimum Gasteiger partial charge on any atom is -0.423 e. The van der Waals surface area contributed by atoms with Gasteiger partial charge in [-0.2, -0.15) is 4.98 Å². The molecule has 2 fully saturated rings. The van der Waals surface area contributed by atoms with Gasteiger partial charge in [0, 0.05) is 23.7 Å². The second-order valence-electron chi connectivity index (χ2n) is 5.70. The molecule has 1 atom stereocenters. The Labute approximate surface area is 132 Å². The van der Waals surface area contributed by atoms with Crippen molar-refractivity contribution in [3.05, 3.63) is 23.2 Å². The Morgan fingerprint density at radius 2 is 2.27 bits per heavy atom. The summed E-state index contributed by atoms with van der Waals surface area (Å²) in [6, 6.07) is 6.18. The summed E-state index contributed by atoms with van der Waals surface area (Å²) in [6.07, 6.45) is 1.65. The van der Waals surface area contributed by atoms with E-state index in [1.807, 2.05) is 11.0 Å². The topological polar surface area (TPSA) is 67.6 Å². The molecule has 1 unspecified atom stereocenters. The third-order valence-electron chi connectivity index (χ3n) is 3.89. The van der Waals surface area contributed by atoms with E-state index < -0.39 is 6.10 Å². The van der Waals surface area contributed by atoms with Gasteiger partial charge in [-0.05, 0) is 25.0 Å². The molecule has 1 saturated heterocycles. The third-order valence-corrected chi connectivity index (χ3v) is 4.13. The number of anilines is 1. The number of amides is 1. The van der Waals surface area contributed by atoms with Crippen molar-refractivity contribution in [2.45, 2.75) is 25.0 Å². The van der Waals surface area contributed by atoms with Crippen molar-refractivity contribution < 1.29 is 13.9 Å². The van der Waals surface area contributed by atoms with Crippen LogP contribution in [0.25, 0.3) is 11.1 Å². The van der Waals surface area contributed by atoms with Gasteiger partial charge in [0.25, 0.3) is 11.9 Å². The quantitative estimate of drug-likeness (QED) is 0.936. The van der Waals surface area contributed by atoms with Crippen molar-refractivity contribution in [1.29, 1.82) is 0 Å². The molecule has 7 heteroatoms. The summed E-state index contributed by atoms with van der Waals surface area (Å²) in [5.74, 6) is -0.0497. The van der Waals surface area contributed by atoms with E-state index in [-0.39, 0.29) is 5.91 Å². The summed E-state index contributed by atoms with van der Waals surface area (Å²) >= 11 is 5.96. The monoisotopic (exact) mass is 321 g/mol. The zero-order chi connectivity index (χ0) is 15.1. The average molecular weight is 322 g/mol. The van der Waals surface area contributed by atoms with E-state index in [4.69, 9.17) is 20.8 Å². The minimum atomic E-state index is -0.479. The smallest absolute Gasteiger partial charge is 0.298 e. The number of nitrogens with zero attached hydrogens (tertiary/aromatic N) is 2. The van der Waals surface area contributed by atoms with Crippen molar-refractivity contribution in [1.82, 2.24) is 10.3 Å². The van der Waals surface area contributed by atoms with E-state index >= 15 is 0 Å². The molecule has 1 aromatic heterocycles.